The molecule has 1 aliphatic rings. The molecule has 0 radical (unpaired) electrons. The Labute approximate surface area is 186 Å². The van der Waals surface area contributed by atoms with E-state index in [9.17, 15) is 8.42 Å². The number of sulfonamides is 1. The number of nitrogens with zero attached hydrogens (tertiary/aromatic N) is 1. The summed E-state index contributed by atoms with van der Waals surface area (Å²) in [6.45, 7) is 6.13. The minimum absolute atomic E-state index is 0. The highest BCUT2D eigenvalue weighted by Crippen LogP contribution is 2.12. The van der Waals surface area contributed by atoms with Gasteiger partial charge in [0.15, 0.2) is 5.96 Å². The molecular formula is C19H33IN4O3S. The number of benzene rings is 1. The normalized spacial score (nSPS) is 17.7. The second-order valence-corrected chi connectivity index (χ2v) is 8.86. The third kappa shape index (κ3) is 9.06. The first-order chi connectivity index (χ1) is 12.9. The van der Waals surface area contributed by atoms with E-state index < -0.39 is 10.0 Å². The van der Waals surface area contributed by atoms with Crippen LogP contribution in [0.2, 0.25) is 0 Å². The smallest absolute Gasteiger partial charge is 0.213 e. The van der Waals surface area contributed by atoms with Crippen molar-refractivity contribution in [2.75, 3.05) is 32.5 Å². The number of nitrogens with one attached hydrogen (secondary N) is 3. The van der Waals surface area contributed by atoms with Crippen LogP contribution in [0.15, 0.2) is 23.2 Å². The summed E-state index contributed by atoms with van der Waals surface area (Å²) >= 11 is 0. The quantitative estimate of drug-likeness (QED) is 0.275. The lowest BCUT2D eigenvalue weighted by Gasteiger charge is -2.22. The van der Waals surface area contributed by atoms with Crippen LogP contribution in [0.5, 0.6) is 0 Å². The number of halogens is 1. The fourth-order valence-corrected chi connectivity index (χ4v) is 3.96. The van der Waals surface area contributed by atoms with Gasteiger partial charge in [-0.25, -0.2) is 13.1 Å². The second kappa shape index (κ2) is 12.6. The Kier molecular flexibility index (Phi) is 11.3. The largest absolute Gasteiger partial charge is 0.377 e. The molecule has 0 aliphatic carbocycles. The minimum Gasteiger partial charge on any atom is -0.377 e. The Balaban J connectivity index is 0.00000392. The van der Waals surface area contributed by atoms with Gasteiger partial charge in [0.2, 0.25) is 10.0 Å². The zero-order valence-electron chi connectivity index (χ0n) is 17.0. The van der Waals surface area contributed by atoms with E-state index in [1.165, 1.54) is 16.7 Å². The van der Waals surface area contributed by atoms with Crippen LogP contribution < -0.4 is 15.4 Å². The van der Waals surface area contributed by atoms with Crippen molar-refractivity contribution in [1.82, 2.24) is 15.4 Å². The Morgan fingerprint density at radius 1 is 1.25 bits per heavy atom. The average Bonchev–Trinajstić information content (AvgIpc) is 2.65. The molecule has 160 valence electrons. The van der Waals surface area contributed by atoms with Crippen LogP contribution in [-0.4, -0.2) is 53.0 Å². The number of rotatable bonds is 8. The fourth-order valence-electron chi connectivity index (χ4n) is 3.01. The monoisotopic (exact) mass is 524 g/mol. The zero-order chi connectivity index (χ0) is 19.7. The van der Waals surface area contributed by atoms with Crippen molar-refractivity contribution in [2.24, 2.45) is 4.99 Å². The van der Waals surface area contributed by atoms with Gasteiger partial charge in [-0.3, -0.25) is 4.99 Å². The van der Waals surface area contributed by atoms with Gasteiger partial charge in [0.25, 0.3) is 0 Å². The predicted octanol–water partition coefficient (Wildman–Crippen LogP) is 2.07. The molecule has 1 fully saturated rings. The molecule has 2 rings (SSSR count). The van der Waals surface area contributed by atoms with Crippen LogP contribution in [-0.2, 0) is 21.3 Å². The van der Waals surface area contributed by atoms with Gasteiger partial charge < -0.3 is 15.4 Å². The van der Waals surface area contributed by atoms with Crippen molar-refractivity contribution in [3.63, 3.8) is 0 Å². The lowest BCUT2D eigenvalue weighted by Crippen LogP contribution is -2.42. The Bertz CT molecular complexity index is 735. The van der Waals surface area contributed by atoms with Crippen molar-refractivity contribution >= 4 is 40.0 Å². The summed E-state index contributed by atoms with van der Waals surface area (Å²) in [5.41, 5.74) is 3.63. The van der Waals surface area contributed by atoms with Gasteiger partial charge >= 0.3 is 0 Å². The highest BCUT2D eigenvalue weighted by molar-refractivity contribution is 14.0. The number of hydrogen-bond acceptors (Lipinski definition) is 4. The Morgan fingerprint density at radius 3 is 2.68 bits per heavy atom. The van der Waals surface area contributed by atoms with Crippen LogP contribution in [0.4, 0.5) is 0 Å². The molecule has 1 saturated heterocycles. The topological polar surface area (TPSA) is 91.8 Å². The molecule has 0 aromatic heterocycles. The van der Waals surface area contributed by atoms with Crippen molar-refractivity contribution in [3.8, 4) is 0 Å². The maximum absolute atomic E-state index is 12.1. The molecule has 1 aromatic carbocycles. The number of aryl methyl sites for hydroxylation is 2. The van der Waals surface area contributed by atoms with Crippen molar-refractivity contribution in [1.29, 1.82) is 0 Å². The Morgan fingerprint density at radius 2 is 2.04 bits per heavy atom. The molecule has 3 N–H and O–H groups in total. The molecule has 1 aromatic rings. The van der Waals surface area contributed by atoms with Crippen molar-refractivity contribution < 1.29 is 13.2 Å². The first-order valence-electron chi connectivity index (χ1n) is 9.49. The van der Waals surface area contributed by atoms with E-state index in [-0.39, 0.29) is 42.4 Å². The van der Waals surface area contributed by atoms with Gasteiger partial charge in [-0.15, -0.1) is 24.0 Å². The molecule has 0 saturated carbocycles. The number of ether oxygens (including phenoxy) is 1. The molecule has 7 nitrogen and oxygen atoms in total. The SMILES string of the molecule is CN=C(NCCS(=O)(=O)NCC1CCCCO1)NCc1ccc(C)cc1C.I. The third-order valence-electron chi connectivity index (χ3n) is 4.64. The van der Waals surface area contributed by atoms with Crippen LogP contribution in [0, 0.1) is 13.8 Å². The predicted molar refractivity (Wildman–Crippen MR) is 125 cm³/mol. The second-order valence-electron chi connectivity index (χ2n) is 6.94. The maximum Gasteiger partial charge on any atom is 0.213 e. The summed E-state index contributed by atoms with van der Waals surface area (Å²) in [6, 6.07) is 6.31. The van der Waals surface area contributed by atoms with Crippen LogP contribution in [0.1, 0.15) is 36.0 Å². The van der Waals surface area contributed by atoms with Gasteiger partial charge in [0, 0.05) is 33.3 Å². The summed E-state index contributed by atoms with van der Waals surface area (Å²) in [4.78, 5) is 4.15. The molecule has 1 aliphatic heterocycles. The lowest BCUT2D eigenvalue weighted by atomic mass is 10.1. The van der Waals surface area contributed by atoms with Gasteiger partial charge in [-0.1, -0.05) is 23.8 Å². The van der Waals surface area contributed by atoms with Gasteiger partial charge in [0.1, 0.15) is 0 Å². The molecule has 28 heavy (non-hydrogen) atoms. The van der Waals surface area contributed by atoms with Crippen LogP contribution >= 0.6 is 24.0 Å². The highest BCUT2D eigenvalue weighted by Gasteiger charge is 2.17. The van der Waals surface area contributed by atoms with Gasteiger partial charge in [-0.2, -0.15) is 0 Å². The molecule has 1 atom stereocenters. The summed E-state index contributed by atoms with van der Waals surface area (Å²) < 4.78 is 32.5. The summed E-state index contributed by atoms with van der Waals surface area (Å²) in [7, 11) is -1.67. The maximum atomic E-state index is 12.1. The summed E-state index contributed by atoms with van der Waals surface area (Å²) in [6.07, 6.45) is 3.06. The molecular weight excluding hydrogens is 491 g/mol. The molecule has 0 amide bonds. The average molecular weight is 524 g/mol. The molecule has 1 unspecified atom stereocenters. The first-order valence-corrected chi connectivity index (χ1v) is 11.1. The summed E-state index contributed by atoms with van der Waals surface area (Å²) in [5.74, 6) is 0.574. The van der Waals surface area contributed by atoms with Crippen molar-refractivity contribution in [3.05, 3.63) is 34.9 Å². The van der Waals surface area contributed by atoms with Gasteiger partial charge in [0.05, 0.1) is 11.9 Å². The van der Waals surface area contributed by atoms with E-state index in [0.717, 1.165) is 25.9 Å². The lowest BCUT2D eigenvalue weighted by molar-refractivity contribution is 0.0200. The molecule has 0 bridgehead atoms. The number of guanidine groups is 1. The van der Waals surface area contributed by atoms with Gasteiger partial charge in [-0.05, 0) is 44.2 Å². The van der Waals surface area contributed by atoms with E-state index in [0.29, 0.717) is 19.0 Å². The van der Waals surface area contributed by atoms with E-state index >= 15 is 0 Å². The standard InChI is InChI=1S/C19H32N4O3S.HI/c1-15-7-8-17(16(2)12-15)13-22-19(20-3)21-9-11-27(24,25)23-14-18-6-4-5-10-26-18;/h7-8,12,18,23H,4-6,9-11,13-14H2,1-3H3,(H2,20,21,22);1H. The zero-order valence-corrected chi connectivity index (χ0v) is 20.1. The number of aliphatic imine (C=N–C) groups is 1. The molecule has 9 heteroatoms. The number of hydrogen-bond donors (Lipinski definition) is 3. The fraction of sp³-hybridized carbons (Fsp3) is 0.632. The Hall–Kier alpha value is -0.910. The summed E-state index contributed by atoms with van der Waals surface area (Å²) in [5, 5.41) is 6.27. The molecule has 0 spiro atoms. The van der Waals surface area contributed by atoms with E-state index in [4.69, 9.17) is 4.74 Å². The molecule has 1 heterocycles. The van der Waals surface area contributed by atoms with Crippen LogP contribution in [0.3, 0.4) is 0 Å². The first kappa shape index (κ1) is 25.1. The minimum atomic E-state index is -3.34. The van der Waals surface area contributed by atoms with E-state index in [1.807, 2.05) is 0 Å². The highest BCUT2D eigenvalue weighted by atomic mass is 127. The van der Waals surface area contributed by atoms with E-state index in [1.54, 1.807) is 7.05 Å². The van der Waals surface area contributed by atoms with Crippen molar-refractivity contribution in [2.45, 2.75) is 45.8 Å². The van der Waals surface area contributed by atoms with Crippen LogP contribution in [0.25, 0.3) is 0 Å². The van der Waals surface area contributed by atoms with E-state index in [2.05, 4.69) is 52.4 Å². The third-order valence-corrected chi connectivity index (χ3v) is 5.98.